The summed E-state index contributed by atoms with van der Waals surface area (Å²) in [5, 5.41) is 13.1. The van der Waals surface area contributed by atoms with Gasteiger partial charge in [-0.1, -0.05) is 0 Å². The van der Waals surface area contributed by atoms with E-state index in [1.165, 1.54) is 24.5 Å². The van der Waals surface area contributed by atoms with Gasteiger partial charge in [-0.05, 0) is 19.1 Å². The molecule has 0 radical (unpaired) electrons. The summed E-state index contributed by atoms with van der Waals surface area (Å²) >= 11 is 1.26. The van der Waals surface area contributed by atoms with Crippen LogP contribution in [0.15, 0.2) is 28.2 Å². The van der Waals surface area contributed by atoms with E-state index in [1.54, 1.807) is 17.5 Å². The number of carboxylic acids is 1. The first-order valence-corrected chi connectivity index (χ1v) is 5.99. The minimum absolute atomic E-state index is 0.180. The van der Waals surface area contributed by atoms with Crippen LogP contribution in [0.2, 0.25) is 0 Å². The summed E-state index contributed by atoms with van der Waals surface area (Å²) < 4.78 is 5.15. The first-order chi connectivity index (χ1) is 8.58. The molecule has 1 amide bonds. The number of carbonyl (C=O) groups excluding carboxylic acids is 1. The van der Waals surface area contributed by atoms with Crippen LogP contribution < -0.4 is 5.32 Å². The number of rotatable bonds is 4. The largest absolute Gasteiger partial charge is 0.480 e. The van der Waals surface area contributed by atoms with Gasteiger partial charge in [0.2, 0.25) is 0 Å². The molecular formula is C11H10N2O4S. The summed E-state index contributed by atoms with van der Waals surface area (Å²) in [6.07, 6.45) is 1.52. The van der Waals surface area contributed by atoms with Crippen molar-refractivity contribution in [2.45, 2.75) is 13.0 Å². The van der Waals surface area contributed by atoms with Crippen molar-refractivity contribution in [2.24, 2.45) is 0 Å². The molecular weight excluding hydrogens is 256 g/mol. The second-order valence-corrected chi connectivity index (χ2v) is 4.41. The smallest absolute Gasteiger partial charge is 0.325 e. The van der Waals surface area contributed by atoms with Crippen molar-refractivity contribution in [1.29, 1.82) is 0 Å². The van der Waals surface area contributed by atoms with Gasteiger partial charge in [-0.2, -0.15) is 0 Å². The Morgan fingerprint density at radius 2 is 2.33 bits per heavy atom. The van der Waals surface area contributed by atoms with Crippen LogP contribution in [0.25, 0.3) is 10.8 Å². The molecule has 0 spiro atoms. The minimum Gasteiger partial charge on any atom is -0.480 e. The zero-order valence-electron chi connectivity index (χ0n) is 9.41. The van der Waals surface area contributed by atoms with E-state index in [4.69, 9.17) is 9.52 Å². The molecule has 0 saturated heterocycles. The van der Waals surface area contributed by atoms with E-state index >= 15 is 0 Å². The van der Waals surface area contributed by atoms with E-state index in [-0.39, 0.29) is 5.69 Å². The highest BCUT2D eigenvalue weighted by molar-refractivity contribution is 7.13. The highest BCUT2D eigenvalue weighted by Crippen LogP contribution is 2.23. The van der Waals surface area contributed by atoms with Crippen LogP contribution in [0, 0.1) is 0 Å². The van der Waals surface area contributed by atoms with Crippen molar-refractivity contribution in [1.82, 2.24) is 10.3 Å². The summed E-state index contributed by atoms with van der Waals surface area (Å²) in [6.45, 7) is 1.39. The summed E-state index contributed by atoms with van der Waals surface area (Å²) in [5.74, 6) is -1.03. The van der Waals surface area contributed by atoms with Crippen LogP contribution >= 0.6 is 11.3 Å². The molecule has 6 nitrogen and oxygen atoms in total. The fourth-order valence-corrected chi connectivity index (χ4v) is 1.99. The predicted octanol–water partition coefficient (Wildman–Crippen LogP) is 1.61. The molecule has 0 bridgehead atoms. The molecule has 0 unspecified atom stereocenters. The van der Waals surface area contributed by atoms with Crippen LogP contribution in [-0.4, -0.2) is 28.0 Å². The van der Waals surface area contributed by atoms with Gasteiger partial charge in [0.25, 0.3) is 5.91 Å². The van der Waals surface area contributed by atoms with Crippen molar-refractivity contribution >= 4 is 23.2 Å². The van der Waals surface area contributed by atoms with Gasteiger partial charge in [-0.3, -0.25) is 9.59 Å². The number of amides is 1. The number of aliphatic carboxylic acids is 1. The van der Waals surface area contributed by atoms with E-state index in [2.05, 4.69) is 10.3 Å². The molecule has 2 heterocycles. The third-order valence-electron chi connectivity index (χ3n) is 2.19. The van der Waals surface area contributed by atoms with E-state index in [0.29, 0.717) is 10.8 Å². The van der Waals surface area contributed by atoms with Crippen molar-refractivity contribution in [3.63, 3.8) is 0 Å². The number of thiazole rings is 1. The van der Waals surface area contributed by atoms with Gasteiger partial charge in [0.05, 0.1) is 6.26 Å². The van der Waals surface area contributed by atoms with Gasteiger partial charge in [-0.15, -0.1) is 11.3 Å². The third-order valence-corrected chi connectivity index (χ3v) is 3.04. The van der Waals surface area contributed by atoms with Gasteiger partial charge >= 0.3 is 5.97 Å². The van der Waals surface area contributed by atoms with Crippen LogP contribution in [0.1, 0.15) is 17.4 Å². The van der Waals surface area contributed by atoms with Crippen LogP contribution in [-0.2, 0) is 4.79 Å². The Morgan fingerprint density at radius 1 is 1.56 bits per heavy atom. The molecule has 0 aliphatic rings. The number of nitrogens with one attached hydrogen (secondary N) is 1. The summed E-state index contributed by atoms with van der Waals surface area (Å²) in [7, 11) is 0. The topological polar surface area (TPSA) is 92.4 Å². The zero-order valence-corrected chi connectivity index (χ0v) is 10.2. The molecule has 94 valence electrons. The average molecular weight is 266 g/mol. The Bertz CT molecular complexity index is 561. The number of carbonyl (C=O) groups is 2. The van der Waals surface area contributed by atoms with Gasteiger partial charge < -0.3 is 14.8 Å². The fraction of sp³-hybridized carbons (Fsp3) is 0.182. The Balaban J connectivity index is 2.11. The molecule has 2 aromatic heterocycles. The van der Waals surface area contributed by atoms with Gasteiger partial charge in [0.1, 0.15) is 11.7 Å². The Kier molecular flexibility index (Phi) is 3.42. The maximum absolute atomic E-state index is 11.7. The highest BCUT2D eigenvalue weighted by Gasteiger charge is 2.18. The second kappa shape index (κ2) is 5.01. The quantitative estimate of drug-likeness (QED) is 0.877. The molecule has 2 rings (SSSR count). The maximum atomic E-state index is 11.7. The lowest BCUT2D eigenvalue weighted by molar-refractivity contribution is -0.138. The van der Waals surface area contributed by atoms with E-state index in [9.17, 15) is 9.59 Å². The molecule has 0 fully saturated rings. The lowest BCUT2D eigenvalue weighted by Gasteiger charge is -2.06. The molecule has 7 heteroatoms. The van der Waals surface area contributed by atoms with Crippen molar-refractivity contribution in [2.75, 3.05) is 0 Å². The van der Waals surface area contributed by atoms with Crippen LogP contribution in [0.3, 0.4) is 0 Å². The lowest BCUT2D eigenvalue weighted by atomic mass is 10.3. The Morgan fingerprint density at radius 3 is 2.94 bits per heavy atom. The maximum Gasteiger partial charge on any atom is 0.325 e. The number of hydrogen-bond donors (Lipinski definition) is 2. The van der Waals surface area contributed by atoms with Gasteiger partial charge in [0, 0.05) is 5.38 Å². The molecule has 1 atom stereocenters. The number of nitrogens with zero attached hydrogens (tertiary/aromatic N) is 1. The molecule has 2 N–H and O–H groups in total. The van der Waals surface area contributed by atoms with Crippen molar-refractivity contribution < 1.29 is 19.1 Å². The molecule has 2 aromatic rings. The predicted molar refractivity (Wildman–Crippen MR) is 64.4 cm³/mol. The van der Waals surface area contributed by atoms with E-state index < -0.39 is 17.9 Å². The van der Waals surface area contributed by atoms with Gasteiger partial charge in [0.15, 0.2) is 10.8 Å². The van der Waals surface area contributed by atoms with Crippen LogP contribution in [0.5, 0.6) is 0 Å². The molecule has 0 aromatic carbocycles. The molecule has 18 heavy (non-hydrogen) atoms. The standard InChI is InChI=1S/C11H10N2O4S/c1-6(11(15)16)12-9(14)7-5-18-10(13-7)8-3-2-4-17-8/h2-6H,1H3,(H,12,14)(H,15,16)/t6-/m0/s1. The van der Waals surface area contributed by atoms with E-state index in [1.807, 2.05) is 0 Å². The van der Waals surface area contributed by atoms with Gasteiger partial charge in [-0.25, -0.2) is 4.98 Å². The minimum atomic E-state index is -1.09. The highest BCUT2D eigenvalue weighted by atomic mass is 32.1. The van der Waals surface area contributed by atoms with Crippen molar-refractivity contribution in [3.05, 3.63) is 29.5 Å². The van der Waals surface area contributed by atoms with Crippen molar-refractivity contribution in [3.8, 4) is 10.8 Å². The van der Waals surface area contributed by atoms with Crippen LogP contribution in [0.4, 0.5) is 0 Å². The summed E-state index contributed by atoms with van der Waals surface area (Å²) in [6, 6.07) is 2.51. The number of hydrogen-bond acceptors (Lipinski definition) is 5. The average Bonchev–Trinajstić information content (AvgIpc) is 2.99. The fourth-order valence-electron chi connectivity index (χ4n) is 1.22. The molecule has 0 saturated carbocycles. The summed E-state index contributed by atoms with van der Waals surface area (Å²) in [4.78, 5) is 26.4. The number of carboxylic acid groups (broad SMARTS) is 1. The monoisotopic (exact) mass is 266 g/mol. The number of furan rings is 1. The lowest BCUT2D eigenvalue weighted by Crippen LogP contribution is -2.38. The molecule has 0 aliphatic carbocycles. The summed E-state index contributed by atoms with van der Waals surface area (Å²) in [5.41, 5.74) is 0.180. The first kappa shape index (κ1) is 12.3. The number of aromatic nitrogens is 1. The second-order valence-electron chi connectivity index (χ2n) is 3.55. The molecule has 0 aliphatic heterocycles. The zero-order chi connectivity index (χ0) is 13.1. The Hall–Kier alpha value is -2.15. The van der Waals surface area contributed by atoms with E-state index in [0.717, 1.165) is 0 Å². The SMILES string of the molecule is C[C@H](NC(=O)c1csc(-c2ccco2)n1)C(=O)O. The first-order valence-electron chi connectivity index (χ1n) is 5.11. The third kappa shape index (κ3) is 2.57. The Labute approximate surface area is 106 Å². The normalized spacial score (nSPS) is 12.1.